The second-order valence-corrected chi connectivity index (χ2v) is 3.17. The summed E-state index contributed by atoms with van der Waals surface area (Å²) < 4.78 is 54.2. The third-order valence-electron chi connectivity index (χ3n) is 1.94. The first-order valence-electron chi connectivity index (χ1n) is 4.49. The smallest absolute Gasteiger partial charge is 0.405 e. The van der Waals surface area contributed by atoms with E-state index in [1.54, 1.807) is 0 Å². The van der Waals surface area contributed by atoms with E-state index in [2.05, 4.69) is 4.74 Å². The van der Waals surface area contributed by atoms with E-state index in [1.807, 2.05) is 0 Å². The van der Waals surface area contributed by atoms with Gasteiger partial charge in [-0.15, -0.1) is 0 Å². The molecule has 3 nitrogen and oxygen atoms in total. The fourth-order valence-electron chi connectivity index (χ4n) is 1.04. The van der Waals surface area contributed by atoms with Gasteiger partial charge in [0.15, 0.2) is 17.5 Å². The largest absolute Gasteiger partial charge is 0.489 e. The number of carboxylic acid groups (broad SMARTS) is 1. The number of hydrogen-bond acceptors (Lipinski definition) is 2. The molecule has 0 bridgehead atoms. The Morgan fingerprint density at radius 1 is 1.35 bits per heavy atom. The highest BCUT2D eigenvalue weighted by molar-refractivity contribution is 5.71. The summed E-state index contributed by atoms with van der Waals surface area (Å²) in [7, 11) is 0. The molecule has 1 N–H and O–H groups in total. The first-order valence-corrected chi connectivity index (χ1v) is 4.49. The average Bonchev–Trinajstić information content (AvgIpc) is 2.18. The molecule has 0 spiro atoms. The summed E-state index contributed by atoms with van der Waals surface area (Å²) in [5.74, 6) is -6.00. The number of hydrogen-bond donors (Lipinski definition) is 1. The van der Waals surface area contributed by atoms with E-state index in [9.17, 15) is 22.4 Å². The monoisotopic (exact) mass is 252 g/mol. The molecule has 0 aromatic heterocycles. The van der Waals surface area contributed by atoms with Crippen molar-refractivity contribution in [2.75, 3.05) is 6.61 Å². The molecule has 1 aromatic rings. The SMILES string of the molecule is O=C(O)C(COc1ccccc1F)C(F)(F)F. The third kappa shape index (κ3) is 3.61. The lowest BCUT2D eigenvalue weighted by Gasteiger charge is -2.16. The van der Waals surface area contributed by atoms with Gasteiger partial charge >= 0.3 is 12.1 Å². The fourth-order valence-corrected chi connectivity index (χ4v) is 1.04. The van der Waals surface area contributed by atoms with Crippen LogP contribution >= 0.6 is 0 Å². The summed E-state index contributed by atoms with van der Waals surface area (Å²) in [4.78, 5) is 10.4. The number of ether oxygens (including phenoxy) is 1. The Kier molecular flexibility index (Phi) is 3.93. The predicted octanol–water partition coefficient (Wildman–Crippen LogP) is 2.47. The zero-order valence-corrected chi connectivity index (χ0v) is 8.37. The van der Waals surface area contributed by atoms with Crippen molar-refractivity contribution < 1.29 is 32.2 Å². The number of benzene rings is 1. The van der Waals surface area contributed by atoms with Gasteiger partial charge in [-0.25, -0.2) is 4.39 Å². The van der Waals surface area contributed by atoms with Crippen LogP contribution in [-0.2, 0) is 4.79 Å². The van der Waals surface area contributed by atoms with Crippen molar-refractivity contribution in [3.63, 3.8) is 0 Å². The van der Waals surface area contributed by atoms with Crippen molar-refractivity contribution in [1.29, 1.82) is 0 Å². The van der Waals surface area contributed by atoms with Crippen LogP contribution in [0, 0.1) is 11.7 Å². The van der Waals surface area contributed by atoms with E-state index in [4.69, 9.17) is 5.11 Å². The Bertz CT molecular complexity index is 403. The van der Waals surface area contributed by atoms with Crippen LogP contribution in [0.25, 0.3) is 0 Å². The maximum Gasteiger partial charge on any atom is 0.405 e. The van der Waals surface area contributed by atoms with Gasteiger partial charge in [-0.2, -0.15) is 13.2 Å². The van der Waals surface area contributed by atoms with E-state index in [1.165, 1.54) is 12.1 Å². The van der Waals surface area contributed by atoms with Gasteiger partial charge in [0.25, 0.3) is 0 Å². The van der Waals surface area contributed by atoms with Gasteiger partial charge in [-0.1, -0.05) is 12.1 Å². The summed E-state index contributed by atoms with van der Waals surface area (Å²) >= 11 is 0. The average molecular weight is 252 g/mol. The van der Waals surface area contributed by atoms with Crippen LogP contribution in [0.3, 0.4) is 0 Å². The van der Waals surface area contributed by atoms with Gasteiger partial charge in [-0.05, 0) is 12.1 Å². The zero-order chi connectivity index (χ0) is 13.1. The van der Waals surface area contributed by atoms with E-state index in [-0.39, 0.29) is 0 Å². The molecule has 17 heavy (non-hydrogen) atoms. The molecule has 1 aromatic carbocycles. The second-order valence-electron chi connectivity index (χ2n) is 3.17. The Morgan fingerprint density at radius 3 is 2.41 bits per heavy atom. The van der Waals surface area contributed by atoms with E-state index in [0.717, 1.165) is 12.1 Å². The molecule has 0 fully saturated rings. The molecule has 7 heteroatoms. The van der Waals surface area contributed by atoms with Crippen LogP contribution in [0.15, 0.2) is 24.3 Å². The van der Waals surface area contributed by atoms with E-state index < -0.39 is 36.2 Å². The summed E-state index contributed by atoms with van der Waals surface area (Å²) in [6, 6.07) is 4.81. The lowest BCUT2D eigenvalue weighted by Crippen LogP contribution is -2.35. The topological polar surface area (TPSA) is 46.5 Å². The number of alkyl halides is 3. The van der Waals surface area contributed by atoms with Crippen LogP contribution in [0.1, 0.15) is 0 Å². The summed E-state index contributed by atoms with van der Waals surface area (Å²) in [6.07, 6.45) is -4.93. The highest BCUT2D eigenvalue weighted by atomic mass is 19.4. The molecule has 0 heterocycles. The molecule has 0 amide bonds. The predicted molar refractivity (Wildman–Crippen MR) is 49.1 cm³/mol. The van der Waals surface area contributed by atoms with Crippen LogP contribution in [0.2, 0.25) is 0 Å². The number of rotatable bonds is 4. The molecule has 0 aliphatic heterocycles. The minimum absolute atomic E-state index is 0.414. The molecule has 0 saturated carbocycles. The Labute approximate surface area is 93.6 Å². The maximum atomic E-state index is 13.0. The first-order chi connectivity index (χ1) is 7.82. The first kappa shape index (κ1) is 13.3. The molecule has 1 unspecified atom stereocenters. The van der Waals surface area contributed by atoms with Crippen molar-refractivity contribution in [2.45, 2.75) is 6.18 Å². The van der Waals surface area contributed by atoms with E-state index in [0.29, 0.717) is 0 Å². The minimum Gasteiger partial charge on any atom is -0.489 e. The molecular weight excluding hydrogens is 244 g/mol. The number of halogens is 4. The summed E-state index contributed by atoms with van der Waals surface area (Å²) in [5, 5.41) is 8.36. The van der Waals surface area contributed by atoms with Crippen LogP contribution in [0.5, 0.6) is 5.75 Å². The Hall–Kier alpha value is -1.79. The maximum absolute atomic E-state index is 13.0. The van der Waals surface area contributed by atoms with Crippen molar-refractivity contribution in [2.24, 2.45) is 5.92 Å². The van der Waals surface area contributed by atoms with Crippen molar-refractivity contribution in [3.8, 4) is 5.75 Å². The van der Waals surface area contributed by atoms with Gasteiger partial charge < -0.3 is 9.84 Å². The lowest BCUT2D eigenvalue weighted by atomic mass is 10.1. The van der Waals surface area contributed by atoms with Crippen molar-refractivity contribution in [1.82, 2.24) is 0 Å². The highest BCUT2D eigenvalue weighted by Gasteiger charge is 2.45. The second kappa shape index (κ2) is 5.03. The van der Waals surface area contributed by atoms with Gasteiger partial charge in [0.2, 0.25) is 0 Å². The lowest BCUT2D eigenvalue weighted by molar-refractivity contribution is -0.198. The highest BCUT2D eigenvalue weighted by Crippen LogP contribution is 2.27. The van der Waals surface area contributed by atoms with E-state index >= 15 is 0 Å². The molecule has 0 saturated heterocycles. The normalized spacial score (nSPS) is 13.2. The quantitative estimate of drug-likeness (QED) is 0.837. The molecule has 1 rings (SSSR count). The molecule has 0 aliphatic rings. The van der Waals surface area contributed by atoms with Gasteiger partial charge in [0, 0.05) is 0 Å². The van der Waals surface area contributed by atoms with Crippen LogP contribution in [-0.4, -0.2) is 23.9 Å². The number of carbonyl (C=O) groups is 1. The molecular formula is C10H8F4O3. The molecule has 0 aliphatic carbocycles. The number of aliphatic carboxylic acids is 1. The molecule has 94 valence electrons. The minimum atomic E-state index is -4.93. The Balaban J connectivity index is 2.72. The summed E-state index contributed by atoms with van der Waals surface area (Å²) in [6.45, 7) is -1.17. The number of carboxylic acids is 1. The van der Waals surface area contributed by atoms with Gasteiger partial charge in [0.05, 0.1) is 0 Å². The van der Waals surface area contributed by atoms with Crippen LogP contribution < -0.4 is 4.74 Å². The fraction of sp³-hybridized carbons (Fsp3) is 0.300. The summed E-state index contributed by atoms with van der Waals surface area (Å²) in [5.41, 5.74) is 0. The van der Waals surface area contributed by atoms with Crippen molar-refractivity contribution in [3.05, 3.63) is 30.1 Å². The zero-order valence-electron chi connectivity index (χ0n) is 8.37. The van der Waals surface area contributed by atoms with Crippen LogP contribution in [0.4, 0.5) is 17.6 Å². The molecule has 0 radical (unpaired) electrons. The standard InChI is InChI=1S/C10H8F4O3/c11-7-3-1-2-4-8(7)17-5-6(9(15)16)10(12,13)14/h1-4,6H,5H2,(H,15,16). The van der Waals surface area contributed by atoms with Gasteiger partial charge in [-0.3, -0.25) is 4.79 Å². The molecule has 1 atom stereocenters. The third-order valence-corrected chi connectivity index (χ3v) is 1.94. The van der Waals surface area contributed by atoms with Crippen molar-refractivity contribution >= 4 is 5.97 Å². The van der Waals surface area contributed by atoms with Gasteiger partial charge in [0.1, 0.15) is 6.61 Å². The Morgan fingerprint density at radius 2 is 1.94 bits per heavy atom. The number of para-hydroxylation sites is 1.